The molecule has 4 nitrogen and oxygen atoms in total. The minimum Gasteiger partial charge on any atom is -0.483 e. The Morgan fingerprint density at radius 3 is 2.57 bits per heavy atom. The van der Waals surface area contributed by atoms with Gasteiger partial charge in [0, 0.05) is 19.6 Å². The Morgan fingerprint density at radius 1 is 1.13 bits per heavy atom. The fraction of sp³-hybridized carbons (Fsp3) is 0.316. The first-order valence-electron chi connectivity index (χ1n) is 7.81. The van der Waals surface area contributed by atoms with Gasteiger partial charge in [0.15, 0.2) is 6.61 Å². The second kappa shape index (κ2) is 8.96. The standard InChI is InChI=1S/C19H23NO3/c1-15(13-21)12-20-19(22)14-23-18-10-6-5-9-17(18)11-16-7-3-2-4-8-16/h2-10,15,21H,11-14H2,1H3,(H,20,22). The average molecular weight is 313 g/mol. The first-order valence-corrected chi connectivity index (χ1v) is 7.81. The zero-order chi connectivity index (χ0) is 16.5. The Hall–Kier alpha value is -2.33. The quantitative estimate of drug-likeness (QED) is 0.787. The van der Waals surface area contributed by atoms with Gasteiger partial charge in [0.2, 0.25) is 0 Å². The van der Waals surface area contributed by atoms with Gasteiger partial charge in [-0.05, 0) is 23.1 Å². The minimum atomic E-state index is -0.181. The summed E-state index contributed by atoms with van der Waals surface area (Å²) in [6.45, 7) is 2.35. The van der Waals surface area contributed by atoms with Crippen LogP contribution in [0.1, 0.15) is 18.1 Å². The van der Waals surface area contributed by atoms with Crippen LogP contribution in [0, 0.1) is 5.92 Å². The fourth-order valence-corrected chi connectivity index (χ4v) is 2.15. The van der Waals surface area contributed by atoms with Crippen LogP contribution in [-0.2, 0) is 11.2 Å². The van der Waals surface area contributed by atoms with Crippen LogP contribution in [0.25, 0.3) is 0 Å². The van der Waals surface area contributed by atoms with Gasteiger partial charge in [-0.3, -0.25) is 4.79 Å². The SMILES string of the molecule is CC(CO)CNC(=O)COc1ccccc1Cc1ccccc1. The molecular weight excluding hydrogens is 290 g/mol. The second-order valence-electron chi connectivity index (χ2n) is 5.65. The highest BCUT2D eigenvalue weighted by molar-refractivity contribution is 5.77. The van der Waals surface area contributed by atoms with Gasteiger partial charge >= 0.3 is 0 Å². The normalized spacial score (nSPS) is 11.7. The minimum absolute atomic E-state index is 0.0239. The van der Waals surface area contributed by atoms with Gasteiger partial charge in [0.1, 0.15) is 5.75 Å². The summed E-state index contributed by atoms with van der Waals surface area (Å²) in [5, 5.41) is 11.7. The first kappa shape index (κ1) is 17.0. The van der Waals surface area contributed by atoms with Crippen molar-refractivity contribution in [3.63, 3.8) is 0 Å². The number of carbonyl (C=O) groups excluding carboxylic acids is 1. The van der Waals surface area contributed by atoms with E-state index in [0.717, 1.165) is 17.7 Å². The maximum Gasteiger partial charge on any atom is 0.257 e. The lowest BCUT2D eigenvalue weighted by Crippen LogP contribution is -2.33. The molecule has 0 aliphatic heterocycles. The number of amides is 1. The van der Waals surface area contributed by atoms with Crippen molar-refractivity contribution in [1.29, 1.82) is 0 Å². The summed E-state index contributed by atoms with van der Waals surface area (Å²) in [5.41, 5.74) is 2.25. The molecule has 0 aliphatic rings. The van der Waals surface area contributed by atoms with E-state index in [2.05, 4.69) is 17.4 Å². The van der Waals surface area contributed by atoms with Crippen molar-refractivity contribution in [3.8, 4) is 5.75 Å². The molecule has 2 N–H and O–H groups in total. The predicted octanol–water partition coefficient (Wildman–Crippen LogP) is 2.40. The van der Waals surface area contributed by atoms with Crippen LogP contribution in [0.3, 0.4) is 0 Å². The summed E-state index contributed by atoms with van der Waals surface area (Å²) in [6, 6.07) is 17.9. The highest BCUT2D eigenvalue weighted by atomic mass is 16.5. The van der Waals surface area contributed by atoms with Gasteiger partial charge in [-0.15, -0.1) is 0 Å². The van der Waals surface area contributed by atoms with Crippen molar-refractivity contribution >= 4 is 5.91 Å². The van der Waals surface area contributed by atoms with Crippen molar-refractivity contribution in [2.24, 2.45) is 5.92 Å². The highest BCUT2D eigenvalue weighted by Gasteiger charge is 2.08. The summed E-state index contributed by atoms with van der Waals surface area (Å²) in [6.07, 6.45) is 0.764. The molecule has 1 unspecified atom stereocenters. The number of benzene rings is 2. The lowest BCUT2D eigenvalue weighted by molar-refractivity contribution is -0.123. The Morgan fingerprint density at radius 2 is 1.83 bits per heavy atom. The Labute approximate surface area is 137 Å². The van der Waals surface area contributed by atoms with E-state index in [1.54, 1.807) is 0 Å². The van der Waals surface area contributed by atoms with Gasteiger partial charge in [-0.25, -0.2) is 0 Å². The van der Waals surface area contributed by atoms with Crippen LogP contribution in [-0.4, -0.2) is 30.8 Å². The predicted molar refractivity (Wildman–Crippen MR) is 90.4 cm³/mol. The van der Waals surface area contributed by atoms with Gasteiger partial charge in [0.05, 0.1) is 0 Å². The van der Waals surface area contributed by atoms with Crippen molar-refractivity contribution in [1.82, 2.24) is 5.32 Å². The molecular formula is C19H23NO3. The Kier molecular flexibility index (Phi) is 6.63. The van der Waals surface area contributed by atoms with E-state index in [-0.39, 0.29) is 25.0 Å². The topological polar surface area (TPSA) is 58.6 Å². The van der Waals surface area contributed by atoms with Crippen molar-refractivity contribution < 1.29 is 14.6 Å². The number of aliphatic hydroxyl groups is 1. The average Bonchev–Trinajstić information content (AvgIpc) is 2.59. The summed E-state index contributed by atoms with van der Waals surface area (Å²) in [7, 11) is 0. The number of carbonyl (C=O) groups is 1. The molecule has 1 atom stereocenters. The molecule has 0 spiro atoms. The molecule has 0 bridgehead atoms. The van der Waals surface area contributed by atoms with Crippen LogP contribution >= 0.6 is 0 Å². The van der Waals surface area contributed by atoms with Crippen LogP contribution in [0.15, 0.2) is 54.6 Å². The van der Waals surface area contributed by atoms with Crippen molar-refractivity contribution in [2.45, 2.75) is 13.3 Å². The molecule has 0 fully saturated rings. The van der Waals surface area contributed by atoms with Crippen molar-refractivity contribution in [2.75, 3.05) is 19.8 Å². The molecule has 2 aromatic carbocycles. The molecule has 0 heterocycles. The zero-order valence-electron chi connectivity index (χ0n) is 13.4. The highest BCUT2D eigenvalue weighted by Crippen LogP contribution is 2.21. The van der Waals surface area contributed by atoms with Crippen LogP contribution in [0.4, 0.5) is 0 Å². The largest absolute Gasteiger partial charge is 0.483 e. The van der Waals surface area contributed by atoms with Gasteiger partial charge in [0.25, 0.3) is 5.91 Å². The lowest BCUT2D eigenvalue weighted by Gasteiger charge is -2.13. The summed E-state index contributed by atoms with van der Waals surface area (Å²) >= 11 is 0. The van der Waals surface area contributed by atoms with Gasteiger partial charge in [-0.2, -0.15) is 0 Å². The molecule has 0 aliphatic carbocycles. The van der Waals surface area contributed by atoms with E-state index in [1.807, 2.05) is 49.4 Å². The van der Waals surface area contributed by atoms with Crippen LogP contribution in [0.2, 0.25) is 0 Å². The molecule has 0 radical (unpaired) electrons. The van der Waals surface area contributed by atoms with E-state index >= 15 is 0 Å². The molecule has 2 rings (SSSR count). The molecule has 2 aromatic rings. The first-order chi connectivity index (χ1) is 11.2. The third-order valence-electron chi connectivity index (χ3n) is 3.53. The Balaban J connectivity index is 1.91. The molecule has 23 heavy (non-hydrogen) atoms. The second-order valence-corrected chi connectivity index (χ2v) is 5.65. The summed E-state index contributed by atoms with van der Waals surface area (Å²) in [5.74, 6) is 0.589. The number of para-hydroxylation sites is 1. The molecule has 0 saturated heterocycles. The molecule has 1 amide bonds. The third kappa shape index (κ3) is 5.75. The maximum atomic E-state index is 11.8. The van der Waals surface area contributed by atoms with E-state index in [0.29, 0.717) is 6.54 Å². The number of hydrogen-bond donors (Lipinski definition) is 2. The summed E-state index contributed by atoms with van der Waals surface area (Å²) in [4.78, 5) is 11.8. The maximum absolute atomic E-state index is 11.8. The van der Waals surface area contributed by atoms with E-state index in [4.69, 9.17) is 9.84 Å². The van der Waals surface area contributed by atoms with Gasteiger partial charge in [-0.1, -0.05) is 55.5 Å². The lowest BCUT2D eigenvalue weighted by atomic mass is 10.0. The number of hydrogen-bond acceptors (Lipinski definition) is 3. The monoisotopic (exact) mass is 313 g/mol. The van der Waals surface area contributed by atoms with E-state index in [9.17, 15) is 4.79 Å². The van der Waals surface area contributed by atoms with E-state index < -0.39 is 0 Å². The number of aliphatic hydroxyl groups excluding tert-OH is 1. The molecule has 122 valence electrons. The molecule has 0 saturated carbocycles. The fourth-order valence-electron chi connectivity index (χ4n) is 2.15. The zero-order valence-corrected chi connectivity index (χ0v) is 13.4. The number of ether oxygens (including phenoxy) is 1. The molecule has 0 aromatic heterocycles. The van der Waals surface area contributed by atoms with Crippen LogP contribution < -0.4 is 10.1 Å². The van der Waals surface area contributed by atoms with E-state index in [1.165, 1.54) is 5.56 Å². The number of rotatable bonds is 8. The Bertz CT molecular complexity index is 613. The van der Waals surface area contributed by atoms with Crippen LogP contribution in [0.5, 0.6) is 5.75 Å². The van der Waals surface area contributed by atoms with Gasteiger partial charge < -0.3 is 15.2 Å². The smallest absolute Gasteiger partial charge is 0.257 e. The molecule has 4 heteroatoms. The number of nitrogens with one attached hydrogen (secondary N) is 1. The third-order valence-corrected chi connectivity index (χ3v) is 3.53. The summed E-state index contributed by atoms with van der Waals surface area (Å²) < 4.78 is 5.66. The van der Waals surface area contributed by atoms with Crippen molar-refractivity contribution in [3.05, 3.63) is 65.7 Å².